The summed E-state index contributed by atoms with van der Waals surface area (Å²) in [6, 6.07) is 0. The maximum atomic E-state index is 11.9. The minimum Gasteiger partial charge on any atom is -0.481 e. The molecule has 1 aromatic heterocycles. The third kappa shape index (κ3) is 4.13. The molecule has 0 saturated carbocycles. The van der Waals surface area contributed by atoms with Crippen LogP contribution < -0.4 is 15.8 Å². The van der Waals surface area contributed by atoms with Crippen molar-refractivity contribution in [3.05, 3.63) is 11.3 Å². The molecule has 1 heterocycles. The normalized spacial score (nSPS) is 14.4. The average Bonchev–Trinajstić information content (AvgIpc) is 2.68. The first kappa shape index (κ1) is 18.3. The number of aryl methyl sites for hydroxylation is 2. The van der Waals surface area contributed by atoms with E-state index in [2.05, 4.69) is 10.4 Å². The van der Waals surface area contributed by atoms with Crippen LogP contribution in [0.4, 0.5) is 4.79 Å². The maximum Gasteiger partial charge on any atom is 0.407 e. The van der Waals surface area contributed by atoms with Crippen LogP contribution in [-0.4, -0.2) is 41.7 Å². The Morgan fingerprint density at radius 3 is 2.41 bits per heavy atom. The number of ether oxygens (including phenoxy) is 2. The lowest BCUT2D eigenvalue weighted by atomic mass is 9.82. The van der Waals surface area contributed by atoms with Gasteiger partial charge in [0.1, 0.15) is 5.60 Å². The number of carbonyl (C=O) groups is 1. The molecule has 0 aliphatic carbocycles. The molecular weight excluding hydrogens is 284 g/mol. The summed E-state index contributed by atoms with van der Waals surface area (Å²) in [5.74, 6) is 0.649. The molecular formula is C15H28N4O3. The van der Waals surface area contributed by atoms with Gasteiger partial charge in [0.2, 0.25) is 5.88 Å². The number of carbonyl (C=O) groups excluding carboxylic acids is 1. The zero-order valence-electron chi connectivity index (χ0n) is 14.6. The molecule has 0 fully saturated rings. The van der Waals surface area contributed by atoms with Crippen molar-refractivity contribution in [2.45, 2.75) is 45.6 Å². The zero-order chi connectivity index (χ0) is 17.1. The first-order valence-electron chi connectivity index (χ1n) is 7.29. The van der Waals surface area contributed by atoms with Gasteiger partial charge in [-0.05, 0) is 27.7 Å². The summed E-state index contributed by atoms with van der Waals surface area (Å²) in [6.07, 6.45) is -0.465. The predicted octanol–water partition coefficient (Wildman–Crippen LogP) is 1.48. The summed E-state index contributed by atoms with van der Waals surface area (Å²) in [7, 11) is 3.41. The van der Waals surface area contributed by atoms with Crippen LogP contribution in [0.2, 0.25) is 0 Å². The van der Waals surface area contributed by atoms with Crippen LogP contribution in [0.15, 0.2) is 0 Å². The Morgan fingerprint density at radius 2 is 1.95 bits per heavy atom. The van der Waals surface area contributed by atoms with Gasteiger partial charge in [-0.1, -0.05) is 6.92 Å². The van der Waals surface area contributed by atoms with Crippen LogP contribution in [0.5, 0.6) is 5.88 Å². The van der Waals surface area contributed by atoms with Crippen LogP contribution in [0.25, 0.3) is 0 Å². The van der Waals surface area contributed by atoms with Crippen molar-refractivity contribution in [2.75, 3.05) is 20.2 Å². The fourth-order valence-electron chi connectivity index (χ4n) is 2.41. The van der Waals surface area contributed by atoms with E-state index in [9.17, 15) is 4.79 Å². The van der Waals surface area contributed by atoms with E-state index in [-0.39, 0.29) is 0 Å². The fraction of sp³-hybridized carbons (Fsp3) is 0.733. The molecule has 7 nitrogen and oxygen atoms in total. The smallest absolute Gasteiger partial charge is 0.407 e. The van der Waals surface area contributed by atoms with Crippen molar-refractivity contribution in [3.8, 4) is 5.88 Å². The molecule has 0 aliphatic heterocycles. The molecule has 0 aliphatic rings. The standard InChI is InChI=1S/C15H28N4O3/c1-10-11(12(21-7)19(6)18-10)15(5,8-16)9-17-13(20)22-14(2,3)4/h8-9,16H2,1-7H3,(H,17,20). The number of nitrogens with one attached hydrogen (secondary N) is 1. The highest BCUT2D eigenvalue weighted by atomic mass is 16.6. The zero-order valence-corrected chi connectivity index (χ0v) is 14.6. The van der Waals surface area contributed by atoms with E-state index >= 15 is 0 Å². The van der Waals surface area contributed by atoms with Crippen molar-refractivity contribution in [1.82, 2.24) is 15.1 Å². The number of amides is 1. The lowest BCUT2D eigenvalue weighted by Gasteiger charge is -2.29. The molecule has 0 bridgehead atoms. The Morgan fingerprint density at radius 1 is 1.36 bits per heavy atom. The number of rotatable bonds is 5. The Hall–Kier alpha value is -1.76. The van der Waals surface area contributed by atoms with E-state index in [0.29, 0.717) is 19.0 Å². The van der Waals surface area contributed by atoms with Crippen molar-refractivity contribution < 1.29 is 14.3 Å². The van der Waals surface area contributed by atoms with Crippen molar-refractivity contribution in [3.63, 3.8) is 0 Å². The second-order valence-corrected chi connectivity index (χ2v) is 6.71. The molecule has 1 unspecified atom stereocenters. The molecule has 3 N–H and O–H groups in total. The molecule has 0 aromatic carbocycles. The lowest BCUT2D eigenvalue weighted by molar-refractivity contribution is 0.0516. The van der Waals surface area contributed by atoms with Gasteiger partial charge in [0.05, 0.1) is 12.8 Å². The van der Waals surface area contributed by atoms with Gasteiger partial charge in [-0.25, -0.2) is 9.48 Å². The average molecular weight is 312 g/mol. The quantitative estimate of drug-likeness (QED) is 0.859. The largest absolute Gasteiger partial charge is 0.481 e. The van der Waals surface area contributed by atoms with Crippen molar-refractivity contribution in [2.24, 2.45) is 12.8 Å². The van der Waals surface area contributed by atoms with Gasteiger partial charge < -0.3 is 20.5 Å². The van der Waals surface area contributed by atoms with Gasteiger partial charge >= 0.3 is 6.09 Å². The summed E-state index contributed by atoms with van der Waals surface area (Å²) in [5.41, 5.74) is 6.66. The third-order valence-electron chi connectivity index (χ3n) is 3.44. The topological polar surface area (TPSA) is 91.4 Å². The Kier molecular flexibility index (Phi) is 5.45. The number of alkyl carbamates (subject to hydrolysis) is 1. The minimum atomic E-state index is -0.537. The molecule has 0 radical (unpaired) electrons. The first-order valence-corrected chi connectivity index (χ1v) is 7.29. The summed E-state index contributed by atoms with van der Waals surface area (Å²) in [4.78, 5) is 11.9. The number of nitrogens with two attached hydrogens (primary N) is 1. The molecule has 126 valence electrons. The molecule has 1 rings (SSSR count). The van der Waals surface area contributed by atoms with E-state index in [1.165, 1.54) is 0 Å². The van der Waals surface area contributed by atoms with Gasteiger partial charge in [0, 0.05) is 31.1 Å². The molecule has 1 atom stereocenters. The van der Waals surface area contributed by atoms with Gasteiger partial charge in [-0.3, -0.25) is 0 Å². The number of hydrogen-bond acceptors (Lipinski definition) is 5. The summed E-state index contributed by atoms with van der Waals surface area (Å²) in [5, 5.41) is 7.16. The van der Waals surface area contributed by atoms with Crippen LogP contribution in [-0.2, 0) is 17.2 Å². The number of hydrogen-bond donors (Lipinski definition) is 2. The fourth-order valence-corrected chi connectivity index (χ4v) is 2.41. The van der Waals surface area contributed by atoms with E-state index in [0.717, 1.165) is 11.3 Å². The molecule has 1 amide bonds. The molecule has 22 heavy (non-hydrogen) atoms. The summed E-state index contributed by atoms with van der Waals surface area (Å²) < 4.78 is 12.4. The van der Waals surface area contributed by atoms with Gasteiger partial charge in [-0.2, -0.15) is 5.10 Å². The van der Waals surface area contributed by atoms with Crippen molar-refractivity contribution in [1.29, 1.82) is 0 Å². The number of nitrogens with zero attached hydrogens (tertiary/aromatic N) is 2. The highest BCUT2D eigenvalue weighted by molar-refractivity contribution is 5.68. The lowest BCUT2D eigenvalue weighted by Crippen LogP contribution is -2.45. The molecule has 0 saturated heterocycles. The highest BCUT2D eigenvalue weighted by Crippen LogP contribution is 2.33. The Labute approximate surface area is 132 Å². The van der Waals surface area contributed by atoms with Crippen LogP contribution in [0, 0.1) is 6.92 Å². The number of methoxy groups -OCH3 is 1. The second kappa shape index (κ2) is 6.56. The SMILES string of the molecule is COc1c(C(C)(CN)CNC(=O)OC(C)(C)C)c(C)nn1C. The van der Waals surface area contributed by atoms with Gasteiger partial charge in [-0.15, -0.1) is 0 Å². The molecule has 1 aromatic rings. The predicted molar refractivity (Wildman–Crippen MR) is 85.1 cm³/mol. The number of aromatic nitrogens is 2. The summed E-state index contributed by atoms with van der Waals surface area (Å²) in [6.45, 7) is 10.0. The highest BCUT2D eigenvalue weighted by Gasteiger charge is 2.34. The molecule has 0 spiro atoms. The third-order valence-corrected chi connectivity index (χ3v) is 3.44. The minimum absolute atomic E-state index is 0.335. The van der Waals surface area contributed by atoms with Crippen molar-refractivity contribution >= 4 is 6.09 Å². The Bertz CT molecular complexity index is 534. The van der Waals surface area contributed by atoms with Crippen LogP contribution >= 0.6 is 0 Å². The molecule has 7 heteroatoms. The van der Waals surface area contributed by atoms with E-state index < -0.39 is 17.1 Å². The van der Waals surface area contributed by atoms with E-state index in [1.807, 2.05) is 41.7 Å². The first-order chi connectivity index (χ1) is 10.0. The van der Waals surface area contributed by atoms with E-state index in [4.69, 9.17) is 15.2 Å². The van der Waals surface area contributed by atoms with Crippen LogP contribution in [0.3, 0.4) is 0 Å². The second-order valence-electron chi connectivity index (χ2n) is 6.71. The summed E-state index contributed by atoms with van der Waals surface area (Å²) >= 11 is 0. The van der Waals surface area contributed by atoms with E-state index in [1.54, 1.807) is 11.8 Å². The van der Waals surface area contributed by atoms with Crippen LogP contribution in [0.1, 0.15) is 39.0 Å². The monoisotopic (exact) mass is 312 g/mol. The Balaban J connectivity index is 2.96. The maximum absolute atomic E-state index is 11.9. The van der Waals surface area contributed by atoms with Gasteiger partial charge in [0.15, 0.2) is 0 Å². The van der Waals surface area contributed by atoms with Gasteiger partial charge in [0.25, 0.3) is 0 Å².